The number of carbonyl (C=O) groups is 1. The molecule has 0 N–H and O–H groups in total. The quantitative estimate of drug-likeness (QED) is 0.477. The first-order valence-electron chi connectivity index (χ1n) is 7.49. The van der Waals surface area contributed by atoms with Gasteiger partial charge in [-0.05, 0) is 24.2 Å². The van der Waals surface area contributed by atoms with E-state index in [-0.39, 0.29) is 5.41 Å². The van der Waals surface area contributed by atoms with Gasteiger partial charge >= 0.3 is 0 Å². The number of carbonyl (C=O) groups excluding carboxylic acids is 1. The highest BCUT2D eigenvalue weighted by atomic mass is 28.3. The topological polar surface area (TPSA) is 17.1 Å². The fourth-order valence-corrected chi connectivity index (χ4v) is 3.89. The van der Waals surface area contributed by atoms with Gasteiger partial charge in [-0.15, -0.1) is 5.54 Å². The third-order valence-corrected chi connectivity index (χ3v) is 5.15. The number of rotatable bonds is 0. The van der Waals surface area contributed by atoms with Gasteiger partial charge in [0.25, 0.3) is 0 Å². The molecule has 1 saturated carbocycles. The molecule has 2 unspecified atom stereocenters. The summed E-state index contributed by atoms with van der Waals surface area (Å²) >= 11 is 0. The summed E-state index contributed by atoms with van der Waals surface area (Å²) in [4.78, 5) is 12.8. The second kappa shape index (κ2) is 4.74. The van der Waals surface area contributed by atoms with Crippen LogP contribution in [0.1, 0.15) is 33.1 Å². The van der Waals surface area contributed by atoms with E-state index in [4.69, 9.17) is 0 Å². The number of hydrogen-bond donors (Lipinski definition) is 0. The minimum Gasteiger partial charge on any atom is -0.298 e. The normalized spacial score (nSPS) is 32.4. The van der Waals surface area contributed by atoms with Crippen LogP contribution in [-0.2, 0) is 4.79 Å². The van der Waals surface area contributed by atoms with E-state index < -0.39 is 13.5 Å². The Hall–Kier alpha value is -1.07. The molecule has 1 fully saturated rings. The van der Waals surface area contributed by atoms with Gasteiger partial charge in [0, 0.05) is 6.42 Å². The summed E-state index contributed by atoms with van der Waals surface area (Å²) in [6, 6.07) is 0. The Morgan fingerprint density at radius 2 is 2.00 bits per heavy atom. The molecule has 2 rings (SSSR count). The van der Waals surface area contributed by atoms with Crippen molar-refractivity contribution < 1.29 is 4.79 Å². The van der Waals surface area contributed by atoms with Gasteiger partial charge in [0.05, 0.1) is 0 Å². The maximum Gasteiger partial charge on any atom is 0.155 e. The molecule has 0 aromatic rings. The molecule has 20 heavy (non-hydrogen) atoms. The number of allylic oxidation sites excluding steroid dienone is 3. The van der Waals surface area contributed by atoms with Crippen LogP contribution >= 0.6 is 0 Å². The first-order chi connectivity index (χ1) is 9.04. The largest absolute Gasteiger partial charge is 0.298 e. The van der Waals surface area contributed by atoms with Crippen molar-refractivity contribution in [1.29, 1.82) is 0 Å². The van der Waals surface area contributed by atoms with Crippen LogP contribution in [0.3, 0.4) is 0 Å². The third-order valence-electron chi connectivity index (χ3n) is 4.28. The minimum absolute atomic E-state index is 0.0948. The van der Waals surface area contributed by atoms with Crippen LogP contribution in [-0.4, -0.2) is 13.9 Å². The van der Waals surface area contributed by atoms with Crippen molar-refractivity contribution in [3.05, 3.63) is 24.3 Å². The highest BCUT2D eigenvalue weighted by molar-refractivity contribution is 6.83. The van der Waals surface area contributed by atoms with Gasteiger partial charge < -0.3 is 0 Å². The number of hydrogen-bond acceptors (Lipinski definition) is 1. The zero-order chi connectivity index (χ0) is 15.2. The lowest BCUT2D eigenvalue weighted by atomic mass is 9.55. The molecule has 0 amide bonds. The highest BCUT2D eigenvalue weighted by Crippen LogP contribution is 2.51. The van der Waals surface area contributed by atoms with Gasteiger partial charge in [0.2, 0.25) is 0 Å². The summed E-state index contributed by atoms with van der Waals surface area (Å²) in [5.41, 5.74) is 4.14. The molecule has 1 nitrogen and oxygen atoms in total. The van der Waals surface area contributed by atoms with Crippen LogP contribution in [0.15, 0.2) is 24.3 Å². The second-order valence-corrected chi connectivity index (χ2v) is 13.0. The Morgan fingerprint density at radius 3 is 2.60 bits per heavy atom. The Bertz CT molecular complexity index is 536. The summed E-state index contributed by atoms with van der Waals surface area (Å²) in [6.45, 7) is 15.2. The molecule has 2 atom stereocenters. The van der Waals surface area contributed by atoms with Crippen molar-refractivity contribution in [3.8, 4) is 11.5 Å². The molecule has 0 saturated heterocycles. The van der Waals surface area contributed by atoms with Crippen LogP contribution < -0.4 is 0 Å². The molecule has 0 aromatic carbocycles. The Balaban J connectivity index is 2.49. The predicted molar refractivity (Wildman–Crippen MR) is 88.0 cm³/mol. The van der Waals surface area contributed by atoms with Gasteiger partial charge in [-0.2, -0.15) is 0 Å². The Labute approximate surface area is 124 Å². The summed E-state index contributed by atoms with van der Waals surface area (Å²) in [5.74, 6) is 4.04. The molecule has 2 aliphatic carbocycles. The van der Waals surface area contributed by atoms with Crippen molar-refractivity contribution in [2.45, 2.75) is 52.8 Å². The predicted octanol–water partition coefficient (Wildman–Crippen LogP) is 4.38. The molecule has 0 heterocycles. The smallest absolute Gasteiger partial charge is 0.155 e. The van der Waals surface area contributed by atoms with Crippen molar-refractivity contribution >= 4 is 13.9 Å². The summed E-state index contributed by atoms with van der Waals surface area (Å²) in [6.07, 6.45) is 6.68. The van der Waals surface area contributed by atoms with E-state index in [1.165, 1.54) is 0 Å². The van der Waals surface area contributed by atoms with Crippen LogP contribution in [0.2, 0.25) is 19.6 Å². The number of ketones is 1. The van der Waals surface area contributed by atoms with E-state index >= 15 is 0 Å². The van der Waals surface area contributed by atoms with Gasteiger partial charge in [0.15, 0.2) is 5.78 Å². The van der Waals surface area contributed by atoms with Gasteiger partial charge in [-0.3, -0.25) is 4.79 Å². The van der Waals surface area contributed by atoms with Gasteiger partial charge in [0.1, 0.15) is 13.5 Å². The van der Waals surface area contributed by atoms with E-state index in [1.54, 1.807) is 0 Å². The standard InChI is InChI=1S/C18H26OSi/c1-14-7-8-18(9-10-20(4,5)6)15(11-14)12-17(2,3)13-16(18)19/h7-8,15H,1,11-13H2,2-6H3. The fourth-order valence-electron chi connectivity index (χ4n) is 3.31. The number of Topliss-reactive ketones (excluding diaryl/α,β-unsaturated/α-hetero) is 1. The lowest BCUT2D eigenvalue weighted by Gasteiger charge is -2.46. The zero-order valence-corrected chi connectivity index (χ0v) is 14.5. The maximum absolute atomic E-state index is 12.8. The van der Waals surface area contributed by atoms with Crippen molar-refractivity contribution in [3.63, 3.8) is 0 Å². The molecular weight excluding hydrogens is 260 g/mol. The highest BCUT2D eigenvalue weighted by Gasteiger charge is 2.50. The minimum atomic E-state index is -1.47. The lowest BCUT2D eigenvalue weighted by Crippen LogP contribution is -2.46. The molecular formula is C18H26OSi. The van der Waals surface area contributed by atoms with Crippen LogP contribution in [0.4, 0.5) is 0 Å². The zero-order valence-electron chi connectivity index (χ0n) is 13.5. The van der Waals surface area contributed by atoms with Gasteiger partial charge in [-0.25, -0.2) is 0 Å². The molecule has 2 heteroatoms. The monoisotopic (exact) mass is 286 g/mol. The van der Waals surface area contributed by atoms with Crippen molar-refractivity contribution in [1.82, 2.24) is 0 Å². The van der Waals surface area contributed by atoms with Crippen molar-refractivity contribution in [2.24, 2.45) is 16.7 Å². The van der Waals surface area contributed by atoms with E-state index in [0.717, 1.165) is 18.4 Å². The number of fused-ring (bicyclic) bond motifs is 1. The van der Waals surface area contributed by atoms with E-state index in [1.807, 2.05) is 12.2 Å². The lowest BCUT2D eigenvalue weighted by molar-refractivity contribution is -0.132. The summed E-state index contributed by atoms with van der Waals surface area (Å²) in [7, 11) is -1.47. The van der Waals surface area contributed by atoms with Crippen LogP contribution in [0, 0.1) is 28.2 Å². The maximum atomic E-state index is 12.8. The molecule has 0 radical (unpaired) electrons. The van der Waals surface area contributed by atoms with E-state index in [9.17, 15) is 4.79 Å². The Morgan fingerprint density at radius 1 is 1.35 bits per heavy atom. The molecule has 0 aliphatic heterocycles. The van der Waals surface area contributed by atoms with E-state index in [0.29, 0.717) is 18.1 Å². The first-order valence-corrected chi connectivity index (χ1v) is 11.0. The summed E-state index contributed by atoms with van der Waals surface area (Å²) < 4.78 is 0. The van der Waals surface area contributed by atoms with Crippen LogP contribution in [0.5, 0.6) is 0 Å². The van der Waals surface area contributed by atoms with E-state index in [2.05, 4.69) is 51.5 Å². The van der Waals surface area contributed by atoms with Crippen molar-refractivity contribution in [2.75, 3.05) is 0 Å². The average Bonchev–Trinajstić information content (AvgIpc) is 2.24. The third kappa shape index (κ3) is 2.98. The second-order valence-electron chi connectivity index (χ2n) is 8.23. The average molecular weight is 286 g/mol. The molecule has 0 bridgehead atoms. The molecule has 2 aliphatic rings. The Kier molecular flexibility index (Phi) is 3.63. The molecule has 0 spiro atoms. The molecule has 0 aromatic heterocycles. The summed E-state index contributed by atoms with van der Waals surface area (Å²) in [5, 5.41) is 0. The first kappa shape index (κ1) is 15.3. The molecule has 108 valence electrons. The van der Waals surface area contributed by atoms with Crippen LogP contribution in [0.25, 0.3) is 0 Å². The SMILES string of the molecule is C=C1C=CC2(C#C[Si](C)(C)C)C(=O)CC(C)(C)CC2C1. The fraction of sp³-hybridized carbons (Fsp3) is 0.611. The van der Waals surface area contributed by atoms with Gasteiger partial charge in [-0.1, -0.05) is 63.7 Å².